The minimum atomic E-state index is 0.0928. The second-order valence-corrected chi connectivity index (χ2v) is 5.20. The van der Waals surface area contributed by atoms with Crippen LogP contribution in [0.1, 0.15) is 32.3 Å². The number of fused-ring (bicyclic) bond motifs is 1. The van der Waals surface area contributed by atoms with E-state index in [1.807, 2.05) is 19.1 Å². The second-order valence-electron chi connectivity index (χ2n) is 5.20. The molecule has 1 aromatic rings. The van der Waals surface area contributed by atoms with Gasteiger partial charge in [-0.1, -0.05) is 6.92 Å². The summed E-state index contributed by atoms with van der Waals surface area (Å²) >= 11 is 0. The maximum Gasteiger partial charge on any atom is 0.231 e. The van der Waals surface area contributed by atoms with Crippen molar-refractivity contribution in [1.82, 2.24) is 5.32 Å². The van der Waals surface area contributed by atoms with Crippen molar-refractivity contribution < 1.29 is 18.9 Å². The molecule has 1 aliphatic heterocycles. The van der Waals surface area contributed by atoms with Crippen LogP contribution < -0.4 is 19.5 Å². The lowest BCUT2D eigenvalue weighted by Gasteiger charge is -2.18. The van der Waals surface area contributed by atoms with Crippen LogP contribution >= 0.6 is 0 Å². The lowest BCUT2D eigenvalue weighted by molar-refractivity contribution is 0.134. The summed E-state index contributed by atoms with van der Waals surface area (Å²) in [6.07, 6.45) is 2.05. The van der Waals surface area contributed by atoms with Crippen LogP contribution in [0.3, 0.4) is 0 Å². The normalized spacial score (nSPS) is 14.2. The van der Waals surface area contributed by atoms with Crippen LogP contribution in [0.15, 0.2) is 12.1 Å². The number of nitrogens with one attached hydrogen (secondary N) is 1. The third-order valence-electron chi connectivity index (χ3n) is 3.35. The largest absolute Gasteiger partial charge is 0.490 e. The standard InChI is InChI=1S/C16H25NO4/c1-4-6-17-10-13-8-15-16(20-11-19-15)9-14(13)21-12(2)5-7-18-3/h8-9,12,17H,4-7,10-11H2,1-3H3. The number of hydrogen-bond acceptors (Lipinski definition) is 5. The molecular formula is C16H25NO4. The van der Waals surface area contributed by atoms with E-state index < -0.39 is 0 Å². The Morgan fingerprint density at radius 3 is 2.76 bits per heavy atom. The number of benzene rings is 1. The summed E-state index contributed by atoms with van der Waals surface area (Å²) in [7, 11) is 1.70. The number of ether oxygens (including phenoxy) is 4. The van der Waals surface area contributed by atoms with Gasteiger partial charge in [0.2, 0.25) is 6.79 Å². The fourth-order valence-electron chi connectivity index (χ4n) is 2.17. The Balaban J connectivity index is 2.08. The highest BCUT2D eigenvalue weighted by atomic mass is 16.7. The molecule has 5 heteroatoms. The van der Waals surface area contributed by atoms with E-state index >= 15 is 0 Å². The van der Waals surface area contributed by atoms with E-state index in [1.165, 1.54) is 0 Å². The van der Waals surface area contributed by atoms with Crippen molar-refractivity contribution in [2.45, 2.75) is 39.3 Å². The van der Waals surface area contributed by atoms with Gasteiger partial charge in [-0.25, -0.2) is 0 Å². The first-order chi connectivity index (χ1) is 10.2. The molecule has 118 valence electrons. The van der Waals surface area contributed by atoms with Crippen molar-refractivity contribution in [3.8, 4) is 17.2 Å². The van der Waals surface area contributed by atoms with Crippen LogP contribution in [0.25, 0.3) is 0 Å². The van der Waals surface area contributed by atoms with Crippen molar-refractivity contribution in [2.75, 3.05) is 27.1 Å². The average molecular weight is 295 g/mol. The van der Waals surface area contributed by atoms with Gasteiger partial charge in [-0.2, -0.15) is 0 Å². The Kier molecular flexibility index (Phi) is 6.14. The van der Waals surface area contributed by atoms with Crippen LogP contribution in [-0.2, 0) is 11.3 Å². The van der Waals surface area contributed by atoms with E-state index in [1.54, 1.807) is 7.11 Å². The van der Waals surface area contributed by atoms with Crippen LogP contribution in [-0.4, -0.2) is 33.2 Å². The van der Waals surface area contributed by atoms with Crippen molar-refractivity contribution in [3.05, 3.63) is 17.7 Å². The summed E-state index contributed by atoms with van der Waals surface area (Å²) in [5, 5.41) is 3.40. The van der Waals surface area contributed by atoms with E-state index in [9.17, 15) is 0 Å². The van der Waals surface area contributed by atoms with Gasteiger partial charge in [0.05, 0.1) is 6.10 Å². The van der Waals surface area contributed by atoms with Gasteiger partial charge in [0, 0.05) is 38.3 Å². The van der Waals surface area contributed by atoms with Gasteiger partial charge in [-0.15, -0.1) is 0 Å². The van der Waals surface area contributed by atoms with Gasteiger partial charge in [0.15, 0.2) is 11.5 Å². The molecule has 1 unspecified atom stereocenters. The Hall–Kier alpha value is -1.46. The van der Waals surface area contributed by atoms with E-state index in [0.29, 0.717) is 6.61 Å². The predicted molar refractivity (Wildman–Crippen MR) is 81.1 cm³/mol. The van der Waals surface area contributed by atoms with Gasteiger partial charge in [-0.3, -0.25) is 0 Å². The molecule has 0 aliphatic carbocycles. The van der Waals surface area contributed by atoms with E-state index in [2.05, 4.69) is 12.2 Å². The van der Waals surface area contributed by atoms with Gasteiger partial charge < -0.3 is 24.3 Å². The average Bonchev–Trinajstić information content (AvgIpc) is 2.92. The van der Waals surface area contributed by atoms with Crippen molar-refractivity contribution in [1.29, 1.82) is 0 Å². The van der Waals surface area contributed by atoms with Crippen molar-refractivity contribution in [3.63, 3.8) is 0 Å². The number of methoxy groups -OCH3 is 1. The topological polar surface area (TPSA) is 49.0 Å². The lowest BCUT2D eigenvalue weighted by Crippen LogP contribution is -2.18. The van der Waals surface area contributed by atoms with Crippen molar-refractivity contribution in [2.24, 2.45) is 0 Å². The van der Waals surface area contributed by atoms with Gasteiger partial charge in [0.25, 0.3) is 0 Å². The molecule has 0 radical (unpaired) electrons. The van der Waals surface area contributed by atoms with Crippen LogP contribution in [0.4, 0.5) is 0 Å². The Bertz CT molecular complexity index is 450. The molecule has 0 aromatic heterocycles. The SMILES string of the molecule is CCCNCc1cc2c(cc1OC(C)CCOC)OCO2. The molecule has 0 saturated heterocycles. The minimum absolute atomic E-state index is 0.0928. The third kappa shape index (κ3) is 4.51. The van der Waals surface area contributed by atoms with Crippen LogP contribution in [0, 0.1) is 0 Å². The molecule has 0 amide bonds. The first kappa shape index (κ1) is 15.9. The first-order valence-corrected chi connectivity index (χ1v) is 7.53. The molecule has 1 aliphatic rings. The number of hydrogen-bond donors (Lipinski definition) is 1. The molecular weight excluding hydrogens is 270 g/mol. The molecule has 0 saturated carbocycles. The Labute approximate surface area is 126 Å². The van der Waals surface area contributed by atoms with E-state index in [0.717, 1.165) is 48.7 Å². The summed E-state index contributed by atoms with van der Waals surface area (Å²) in [6, 6.07) is 3.93. The fraction of sp³-hybridized carbons (Fsp3) is 0.625. The summed E-state index contributed by atoms with van der Waals surface area (Å²) < 4.78 is 22.0. The smallest absolute Gasteiger partial charge is 0.231 e. The summed E-state index contributed by atoms with van der Waals surface area (Å²) in [4.78, 5) is 0. The molecule has 1 N–H and O–H groups in total. The molecule has 2 rings (SSSR count). The maximum atomic E-state index is 6.05. The lowest BCUT2D eigenvalue weighted by atomic mass is 10.1. The quantitative estimate of drug-likeness (QED) is 0.710. The molecule has 0 spiro atoms. The zero-order valence-electron chi connectivity index (χ0n) is 13.1. The van der Waals surface area contributed by atoms with Gasteiger partial charge in [-0.05, 0) is 26.0 Å². The summed E-state index contributed by atoms with van der Waals surface area (Å²) in [5.74, 6) is 2.40. The highest BCUT2D eigenvalue weighted by Gasteiger charge is 2.19. The summed E-state index contributed by atoms with van der Waals surface area (Å²) in [6.45, 7) is 6.91. The second kappa shape index (κ2) is 8.10. The molecule has 21 heavy (non-hydrogen) atoms. The molecule has 5 nitrogen and oxygen atoms in total. The third-order valence-corrected chi connectivity index (χ3v) is 3.35. The van der Waals surface area contributed by atoms with Gasteiger partial charge in [0.1, 0.15) is 5.75 Å². The van der Waals surface area contributed by atoms with E-state index in [-0.39, 0.29) is 12.9 Å². The molecule has 1 heterocycles. The van der Waals surface area contributed by atoms with Crippen LogP contribution in [0.5, 0.6) is 17.2 Å². The fourth-order valence-corrected chi connectivity index (χ4v) is 2.17. The highest BCUT2D eigenvalue weighted by molar-refractivity contribution is 5.51. The Morgan fingerprint density at radius 1 is 1.29 bits per heavy atom. The molecule has 1 aromatic carbocycles. The monoisotopic (exact) mass is 295 g/mol. The first-order valence-electron chi connectivity index (χ1n) is 7.53. The molecule has 0 fully saturated rings. The van der Waals surface area contributed by atoms with Crippen molar-refractivity contribution >= 4 is 0 Å². The zero-order chi connectivity index (χ0) is 15.1. The maximum absolute atomic E-state index is 6.05. The van der Waals surface area contributed by atoms with Gasteiger partial charge >= 0.3 is 0 Å². The zero-order valence-corrected chi connectivity index (χ0v) is 13.1. The number of rotatable bonds is 9. The Morgan fingerprint density at radius 2 is 2.05 bits per heavy atom. The highest BCUT2D eigenvalue weighted by Crippen LogP contribution is 2.38. The predicted octanol–water partition coefficient (Wildman–Crippen LogP) is 2.72. The van der Waals surface area contributed by atoms with E-state index in [4.69, 9.17) is 18.9 Å². The van der Waals surface area contributed by atoms with Crippen LogP contribution in [0.2, 0.25) is 0 Å². The molecule has 1 atom stereocenters. The summed E-state index contributed by atoms with van der Waals surface area (Å²) in [5.41, 5.74) is 1.09. The molecule has 0 bridgehead atoms. The minimum Gasteiger partial charge on any atom is -0.490 e.